The highest BCUT2D eigenvalue weighted by Crippen LogP contribution is 2.49. The number of hydrogen-bond donors (Lipinski definition) is 5. The lowest BCUT2D eigenvalue weighted by atomic mass is 9.69. The van der Waals surface area contributed by atoms with Gasteiger partial charge in [0.2, 0.25) is 0 Å². The summed E-state index contributed by atoms with van der Waals surface area (Å²) in [5.74, 6) is 0. The fourth-order valence-electron chi connectivity index (χ4n) is 5.26. The number of hydrogen-bond acceptors (Lipinski definition) is 12. The summed E-state index contributed by atoms with van der Waals surface area (Å²) in [4.78, 5) is 4.10. The average Bonchev–Trinajstić information content (AvgIpc) is 2.96. The van der Waals surface area contributed by atoms with E-state index in [4.69, 9.17) is 35.2 Å². The first kappa shape index (κ1) is 39.5. The Morgan fingerprint density at radius 1 is 0.762 bits per heavy atom. The molecule has 0 aromatic carbocycles. The van der Waals surface area contributed by atoms with E-state index in [1.807, 2.05) is 4.90 Å². The van der Waals surface area contributed by atoms with Crippen LogP contribution in [0.15, 0.2) is 0 Å². The van der Waals surface area contributed by atoms with Crippen LogP contribution in [0.5, 0.6) is 0 Å². The van der Waals surface area contributed by atoms with Crippen LogP contribution in [0.25, 0.3) is 0 Å². The Hall–Kier alpha value is -0.480. The molecule has 42 heavy (non-hydrogen) atoms. The van der Waals surface area contributed by atoms with E-state index in [1.54, 1.807) is 0 Å². The number of unbranched alkanes of at least 4 members (excludes halogenated alkanes) is 4. The summed E-state index contributed by atoms with van der Waals surface area (Å²) in [5.41, 5.74) is 9.15. The topological polar surface area (TPSA) is 165 Å². The molecule has 0 aromatic heterocycles. The highest BCUT2D eigenvalue weighted by atomic mass is 16.5. The lowest BCUT2D eigenvalue weighted by Crippen LogP contribution is -2.67. The fraction of sp³-hybridized carbons (Fsp3) is 1.00. The van der Waals surface area contributed by atoms with Crippen LogP contribution in [-0.2, 0) is 23.7 Å². The van der Waals surface area contributed by atoms with Gasteiger partial charge in [-0.3, -0.25) is 9.80 Å². The van der Waals surface area contributed by atoms with Gasteiger partial charge in [-0.25, -0.2) is 0 Å². The molecule has 0 aromatic rings. The Kier molecular flexibility index (Phi) is 23.3. The Morgan fingerprint density at radius 2 is 1.33 bits per heavy atom. The van der Waals surface area contributed by atoms with Crippen LogP contribution in [0, 0.1) is 0 Å². The summed E-state index contributed by atoms with van der Waals surface area (Å²) in [5, 5.41) is 32.1. The zero-order chi connectivity index (χ0) is 30.9. The average molecular weight is 609 g/mol. The first-order chi connectivity index (χ1) is 20.4. The van der Waals surface area contributed by atoms with Gasteiger partial charge < -0.3 is 50.5 Å². The Balaban J connectivity index is 2.72. The van der Waals surface area contributed by atoms with Crippen molar-refractivity contribution < 1.29 is 39.0 Å². The summed E-state index contributed by atoms with van der Waals surface area (Å²) in [6.45, 7) is 10.1. The Bertz CT molecular complexity index is 616. The van der Waals surface area contributed by atoms with Crippen molar-refractivity contribution in [2.45, 2.75) is 108 Å². The van der Waals surface area contributed by atoms with Gasteiger partial charge in [0, 0.05) is 65.5 Å². The molecule has 1 fully saturated rings. The van der Waals surface area contributed by atoms with Gasteiger partial charge in [0.25, 0.3) is 0 Å². The number of nitrogens with zero attached hydrogens (tertiary/aromatic N) is 2. The summed E-state index contributed by atoms with van der Waals surface area (Å²) in [6.07, 6.45) is 8.83. The predicted molar refractivity (Wildman–Crippen MR) is 163 cm³/mol. The molecule has 0 saturated heterocycles. The van der Waals surface area contributed by atoms with Crippen LogP contribution in [0.1, 0.15) is 90.9 Å². The molecule has 1 atom stereocenters. The van der Waals surface area contributed by atoms with Crippen LogP contribution < -0.4 is 11.5 Å². The SMILES string of the molecule is CCCCOCN(CCCCOCN)CC(O)COC1(CCCO)CC(O)(N(CCCCOCN)COCCCC)C1. The lowest BCUT2D eigenvalue weighted by Gasteiger charge is -2.57. The molecule has 0 amide bonds. The van der Waals surface area contributed by atoms with Gasteiger partial charge in [0.15, 0.2) is 0 Å². The third-order valence-corrected chi connectivity index (χ3v) is 7.66. The molecule has 0 spiro atoms. The molecule has 1 aliphatic rings. The molecule has 0 bridgehead atoms. The van der Waals surface area contributed by atoms with Gasteiger partial charge >= 0.3 is 0 Å². The second kappa shape index (κ2) is 24.8. The number of aliphatic hydroxyl groups is 3. The van der Waals surface area contributed by atoms with E-state index in [0.29, 0.717) is 78.7 Å². The van der Waals surface area contributed by atoms with Crippen molar-refractivity contribution in [2.75, 3.05) is 86.2 Å². The van der Waals surface area contributed by atoms with Crippen molar-refractivity contribution in [2.24, 2.45) is 11.5 Å². The first-order valence-electron chi connectivity index (χ1n) is 16.2. The number of ether oxygens (including phenoxy) is 5. The molecule has 12 heteroatoms. The predicted octanol–water partition coefficient (Wildman–Crippen LogP) is 1.94. The van der Waals surface area contributed by atoms with Crippen molar-refractivity contribution >= 4 is 0 Å². The third-order valence-electron chi connectivity index (χ3n) is 7.66. The zero-order valence-electron chi connectivity index (χ0n) is 26.7. The van der Waals surface area contributed by atoms with Gasteiger partial charge in [0.05, 0.1) is 38.5 Å². The van der Waals surface area contributed by atoms with Gasteiger partial charge in [0.1, 0.15) is 12.5 Å². The maximum absolute atomic E-state index is 11.6. The minimum absolute atomic E-state index is 0.0494. The van der Waals surface area contributed by atoms with Crippen LogP contribution in [0.2, 0.25) is 0 Å². The largest absolute Gasteiger partial charge is 0.396 e. The van der Waals surface area contributed by atoms with Crippen LogP contribution in [0.3, 0.4) is 0 Å². The standard InChI is InChI=1S/C30H64N4O8/c1-3-5-16-40-26-33(13-7-9-18-38-24-31)20-28(36)21-42-29(12-11-15-35)22-30(37,23-29)34(27-41-17-6-4-2)14-8-10-19-39-25-32/h28,35-37H,3-27,31-32H2,1-2H3. The third kappa shape index (κ3) is 17.1. The van der Waals surface area contributed by atoms with E-state index < -0.39 is 17.4 Å². The number of aliphatic hydroxyl groups excluding tert-OH is 2. The molecule has 252 valence electrons. The van der Waals surface area contributed by atoms with E-state index in [9.17, 15) is 15.3 Å². The van der Waals surface area contributed by atoms with Crippen molar-refractivity contribution in [3.05, 3.63) is 0 Å². The maximum atomic E-state index is 11.6. The molecule has 0 heterocycles. The molecule has 0 radical (unpaired) electrons. The summed E-state index contributed by atoms with van der Waals surface area (Å²) < 4.78 is 28.6. The van der Waals surface area contributed by atoms with Gasteiger partial charge in [-0.2, -0.15) is 0 Å². The fourth-order valence-corrected chi connectivity index (χ4v) is 5.26. The molecule has 7 N–H and O–H groups in total. The monoisotopic (exact) mass is 608 g/mol. The molecule has 0 aliphatic heterocycles. The minimum atomic E-state index is -1.06. The summed E-state index contributed by atoms with van der Waals surface area (Å²) >= 11 is 0. The Labute approximate surface area is 254 Å². The second-order valence-electron chi connectivity index (χ2n) is 11.5. The van der Waals surface area contributed by atoms with Crippen molar-refractivity contribution in [1.29, 1.82) is 0 Å². The molecular weight excluding hydrogens is 544 g/mol. The van der Waals surface area contributed by atoms with E-state index in [0.717, 1.165) is 57.9 Å². The van der Waals surface area contributed by atoms with Gasteiger partial charge in [-0.05, 0) is 51.4 Å². The quantitative estimate of drug-likeness (QED) is 0.0574. The molecular formula is C30H64N4O8. The zero-order valence-corrected chi connectivity index (χ0v) is 26.7. The smallest absolute Gasteiger partial charge is 0.125 e. The molecule has 1 aliphatic carbocycles. The molecule has 1 unspecified atom stereocenters. The van der Waals surface area contributed by atoms with E-state index in [-0.39, 0.29) is 26.7 Å². The first-order valence-corrected chi connectivity index (χ1v) is 16.2. The lowest BCUT2D eigenvalue weighted by molar-refractivity contribution is -0.287. The summed E-state index contributed by atoms with van der Waals surface area (Å²) in [6, 6.07) is 0. The maximum Gasteiger partial charge on any atom is 0.125 e. The second-order valence-corrected chi connectivity index (χ2v) is 11.5. The highest BCUT2D eigenvalue weighted by molar-refractivity contribution is 5.06. The van der Waals surface area contributed by atoms with Crippen LogP contribution in [-0.4, -0.2) is 129 Å². The van der Waals surface area contributed by atoms with E-state index in [2.05, 4.69) is 18.7 Å². The highest BCUT2D eigenvalue weighted by Gasteiger charge is 2.57. The van der Waals surface area contributed by atoms with Crippen molar-refractivity contribution in [3.63, 3.8) is 0 Å². The minimum Gasteiger partial charge on any atom is -0.396 e. The van der Waals surface area contributed by atoms with Crippen LogP contribution >= 0.6 is 0 Å². The number of rotatable bonds is 31. The van der Waals surface area contributed by atoms with Crippen molar-refractivity contribution in [1.82, 2.24) is 9.80 Å². The summed E-state index contributed by atoms with van der Waals surface area (Å²) in [7, 11) is 0. The molecule has 12 nitrogen and oxygen atoms in total. The van der Waals surface area contributed by atoms with Crippen molar-refractivity contribution in [3.8, 4) is 0 Å². The van der Waals surface area contributed by atoms with Gasteiger partial charge in [-0.1, -0.05) is 26.7 Å². The van der Waals surface area contributed by atoms with Crippen LogP contribution in [0.4, 0.5) is 0 Å². The van der Waals surface area contributed by atoms with E-state index >= 15 is 0 Å². The Morgan fingerprint density at radius 3 is 1.90 bits per heavy atom. The number of nitrogens with two attached hydrogens (primary N) is 2. The molecule has 1 saturated carbocycles. The van der Waals surface area contributed by atoms with E-state index in [1.165, 1.54) is 0 Å². The molecule has 1 rings (SSSR count). The van der Waals surface area contributed by atoms with Gasteiger partial charge in [-0.15, -0.1) is 0 Å². The normalized spacial score (nSPS) is 21.4.